The molecular weight excluding hydrogens is 452 g/mol. The number of carbonyl (C=O) groups is 5. The number of amides is 4. The predicted octanol–water partition coefficient (Wildman–Crippen LogP) is -0.0105. The summed E-state index contributed by atoms with van der Waals surface area (Å²) in [5.74, 6) is -3.19. The lowest BCUT2D eigenvalue weighted by atomic mass is 10.0. The number of piperidine rings is 1. The lowest BCUT2D eigenvalue weighted by Gasteiger charge is -2.27. The zero-order valence-corrected chi connectivity index (χ0v) is 18.6. The van der Waals surface area contributed by atoms with Crippen LogP contribution >= 0.6 is 0 Å². The van der Waals surface area contributed by atoms with Crippen LogP contribution in [0.25, 0.3) is 0 Å². The maximum Gasteiger partial charge on any atom is 0.332 e. The molecule has 0 spiro atoms. The largest absolute Gasteiger partial charge is 0.490 e. The van der Waals surface area contributed by atoms with Crippen molar-refractivity contribution in [1.82, 2.24) is 10.2 Å². The molecule has 2 heterocycles. The van der Waals surface area contributed by atoms with Crippen molar-refractivity contribution >= 4 is 29.6 Å². The van der Waals surface area contributed by atoms with Gasteiger partial charge in [-0.05, 0) is 25.5 Å². The molecule has 2 atom stereocenters. The smallest absolute Gasteiger partial charge is 0.332 e. The maximum absolute atomic E-state index is 13.0. The number of aliphatic carboxylic acids is 1. The van der Waals surface area contributed by atoms with Crippen molar-refractivity contribution in [3.8, 4) is 5.75 Å². The molecule has 34 heavy (non-hydrogen) atoms. The Morgan fingerprint density at radius 1 is 1.06 bits per heavy atom. The number of carboxylic acids is 1. The fourth-order valence-corrected chi connectivity index (χ4v) is 3.49. The highest BCUT2D eigenvalue weighted by Crippen LogP contribution is 2.33. The quantitative estimate of drug-likeness (QED) is 0.292. The minimum Gasteiger partial charge on any atom is -0.490 e. The van der Waals surface area contributed by atoms with Gasteiger partial charge in [0.1, 0.15) is 18.4 Å². The third-order valence-corrected chi connectivity index (χ3v) is 5.23. The first-order chi connectivity index (χ1) is 16.3. The molecule has 1 aromatic rings. The van der Waals surface area contributed by atoms with Crippen LogP contribution < -0.4 is 10.1 Å². The van der Waals surface area contributed by atoms with Crippen molar-refractivity contribution in [3.05, 3.63) is 29.3 Å². The Balaban J connectivity index is 1.42. The molecule has 0 aliphatic carbocycles. The minimum atomic E-state index is -1.04. The summed E-state index contributed by atoms with van der Waals surface area (Å²) in [6.07, 6.45) is -0.773. The molecule has 1 fully saturated rings. The van der Waals surface area contributed by atoms with E-state index in [0.717, 1.165) is 4.90 Å². The first-order valence-corrected chi connectivity index (χ1v) is 10.8. The van der Waals surface area contributed by atoms with Crippen LogP contribution in [0.15, 0.2) is 18.2 Å². The van der Waals surface area contributed by atoms with Crippen LogP contribution in [-0.2, 0) is 28.6 Å². The summed E-state index contributed by atoms with van der Waals surface area (Å²) in [5, 5.41) is 10.9. The van der Waals surface area contributed by atoms with E-state index in [0.29, 0.717) is 0 Å². The predicted molar refractivity (Wildman–Crippen MR) is 113 cm³/mol. The van der Waals surface area contributed by atoms with Gasteiger partial charge in [0.2, 0.25) is 11.8 Å². The van der Waals surface area contributed by atoms with E-state index in [1.54, 1.807) is 12.1 Å². The molecule has 2 aliphatic rings. The fraction of sp³-hybridized carbons (Fsp3) is 0.500. The van der Waals surface area contributed by atoms with Crippen LogP contribution in [0.4, 0.5) is 0 Å². The van der Waals surface area contributed by atoms with Crippen LogP contribution in [0.3, 0.4) is 0 Å². The Kier molecular flexibility index (Phi) is 8.68. The average molecular weight is 478 g/mol. The summed E-state index contributed by atoms with van der Waals surface area (Å²) in [4.78, 5) is 60.8. The van der Waals surface area contributed by atoms with Crippen LogP contribution in [0.2, 0.25) is 0 Å². The van der Waals surface area contributed by atoms with Crippen molar-refractivity contribution in [1.29, 1.82) is 0 Å². The van der Waals surface area contributed by atoms with Gasteiger partial charge in [-0.25, -0.2) is 4.79 Å². The number of imide groups is 2. The molecule has 3 rings (SSSR count). The lowest BCUT2D eigenvalue weighted by molar-refractivity contribution is -0.150. The molecule has 2 unspecified atom stereocenters. The molecule has 0 aromatic heterocycles. The molecule has 2 aliphatic heterocycles. The fourth-order valence-electron chi connectivity index (χ4n) is 3.49. The van der Waals surface area contributed by atoms with E-state index in [1.807, 2.05) is 0 Å². The van der Waals surface area contributed by atoms with E-state index in [2.05, 4.69) is 5.32 Å². The summed E-state index contributed by atoms with van der Waals surface area (Å²) >= 11 is 0. The molecule has 0 radical (unpaired) electrons. The zero-order chi connectivity index (χ0) is 24.7. The van der Waals surface area contributed by atoms with Gasteiger partial charge in [-0.3, -0.25) is 29.4 Å². The number of ether oxygens (including phenoxy) is 4. The Hall–Kier alpha value is -3.35. The second-order valence-corrected chi connectivity index (χ2v) is 7.55. The third-order valence-electron chi connectivity index (χ3n) is 5.23. The molecule has 184 valence electrons. The van der Waals surface area contributed by atoms with Crippen LogP contribution in [-0.4, -0.2) is 91.4 Å². The van der Waals surface area contributed by atoms with E-state index >= 15 is 0 Å². The summed E-state index contributed by atoms with van der Waals surface area (Å²) in [6.45, 7) is 2.66. The summed E-state index contributed by atoms with van der Waals surface area (Å²) in [7, 11) is 0. The minimum absolute atomic E-state index is 0.0443. The van der Waals surface area contributed by atoms with Crippen LogP contribution in [0.5, 0.6) is 5.75 Å². The van der Waals surface area contributed by atoms with Gasteiger partial charge in [0.15, 0.2) is 6.10 Å². The van der Waals surface area contributed by atoms with Gasteiger partial charge < -0.3 is 24.1 Å². The van der Waals surface area contributed by atoms with Crippen molar-refractivity contribution in [3.63, 3.8) is 0 Å². The Morgan fingerprint density at radius 3 is 2.41 bits per heavy atom. The number of carbonyl (C=O) groups excluding carboxylic acids is 4. The van der Waals surface area contributed by atoms with Crippen molar-refractivity contribution < 1.29 is 48.0 Å². The lowest BCUT2D eigenvalue weighted by Crippen LogP contribution is -2.54. The number of hydrogen-bond donors (Lipinski definition) is 2. The van der Waals surface area contributed by atoms with Crippen molar-refractivity contribution in [2.45, 2.75) is 31.9 Å². The molecular formula is C22H26N2O10. The third kappa shape index (κ3) is 5.95. The summed E-state index contributed by atoms with van der Waals surface area (Å²) in [6, 6.07) is 3.58. The normalized spacial score (nSPS) is 18.6. The van der Waals surface area contributed by atoms with Crippen molar-refractivity contribution in [2.24, 2.45) is 0 Å². The number of nitrogens with one attached hydrogen (secondary N) is 1. The molecule has 12 nitrogen and oxygen atoms in total. The first-order valence-electron chi connectivity index (χ1n) is 10.8. The molecule has 4 amide bonds. The van der Waals surface area contributed by atoms with E-state index < -0.39 is 41.7 Å². The second-order valence-electron chi connectivity index (χ2n) is 7.55. The van der Waals surface area contributed by atoms with Gasteiger partial charge in [-0.1, -0.05) is 6.07 Å². The van der Waals surface area contributed by atoms with Crippen LogP contribution in [0.1, 0.15) is 40.5 Å². The number of fused-ring (bicyclic) bond motifs is 1. The molecule has 0 bridgehead atoms. The molecule has 2 N–H and O–H groups in total. The number of nitrogens with zero attached hydrogens (tertiary/aromatic N) is 1. The maximum atomic E-state index is 13.0. The van der Waals surface area contributed by atoms with Crippen molar-refractivity contribution in [2.75, 3.05) is 39.6 Å². The highest BCUT2D eigenvalue weighted by atomic mass is 16.6. The van der Waals surface area contributed by atoms with Gasteiger partial charge in [-0.15, -0.1) is 0 Å². The molecule has 1 aromatic carbocycles. The molecule has 1 saturated heterocycles. The Bertz CT molecular complexity index is 963. The Labute approximate surface area is 195 Å². The highest BCUT2D eigenvalue weighted by Gasteiger charge is 2.45. The van der Waals surface area contributed by atoms with E-state index in [-0.39, 0.29) is 69.4 Å². The topological polar surface area (TPSA) is 158 Å². The first kappa shape index (κ1) is 25.3. The van der Waals surface area contributed by atoms with E-state index in [4.69, 9.17) is 24.1 Å². The highest BCUT2D eigenvalue weighted by molar-refractivity contribution is 6.24. The van der Waals surface area contributed by atoms with Gasteiger partial charge in [-0.2, -0.15) is 0 Å². The standard InChI is InChI=1S/C22H26N2O10/c1-13(22(29)30)33-11-9-31-7-8-32-10-12-34-16-4-2-3-14-18(16)21(28)24(20(14)27)15-5-6-17(25)23-19(15)26/h2-4,13,15H,5-12H2,1H3,(H,29,30)(H,23,25,26). The average Bonchev–Trinajstić information content (AvgIpc) is 3.05. The SMILES string of the molecule is CC(OCCOCCOCCOc1cccc2c1C(=O)N(C1CCC(=O)NC1=O)C2=O)C(=O)O. The zero-order valence-electron chi connectivity index (χ0n) is 18.6. The number of benzene rings is 1. The van der Waals surface area contributed by atoms with Gasteiger partial charge >= 0.3 is 5.97 Å². The van der Waals surface area contributed by atoms with E-state index in [9.17, 15) is 24.0 Å². The summed E-state index contributed by atoms with van der Waals surface area (Å²) < 4.78 is 21.3. The number of rotatable bonds is 13. The van der Waals surface area contributed by atoms with Gasteiger partial charge in [0.05, 0.1) is 44.2 Å². The van der Waals surface area contributed by atoms with Gasteiger partial charge in [0.25, 0.3) is 11.8 Å². The second kappa shape index (κ2) is 11.7. The molecule has 12 heteroatoms. The Morgan fingerprint density at radius 2 is 1.74 bits per heavy atom. The number of carboxylic acid groups (broad SMARTS) is 1. The monoisotopic (exact) mass is 478 g/mol. The van der Waals surface area contributed by atoms with E-state index in [1.165, 1.54) is 13.0 Å². The molecule has 0 saturated carbocycles. The summed E-state index contributed by atoms with van der Waals surface area (Å²) in [5.41, 5.74) is 0.220. The van der Waals surface area contributed by atoms with Gasteiger partial charge in [0, 0.05) is 6.42 Å². The number of hydrogen-bond acceptors (Lipinski definition) is 9. The van der Waals surface area contributed by atoms with Crippen LogP contribution in [0, 0.1) is 0 Å².